The lowest BCUT2D eigenvalue weighted by Gasteiger charge is -2.17. The molecule has 4 N–H and O–H groups in total. The molecule has 0 aliphatic carbocycles. The second-order valence-corrected chi connectivity index (χ2v) is 9.85. The third-order valence-electron chi connectivity index (χ3n) is 4.71. The van der Waals surface area contributed by atoms with Gasteiger partial charge in [0.05, 0.1) is 9.79 Å². The SMILES string of the molecule is Cl.NC[C@@H]1CN(S(=O)(=O)c2cccc(S(N)(=O)=O)c2)C[C@H]1c1ccccc1. The van der Waals surface area contributed by atoms with Crippen molar-refractivity contribution in [2.75, 3.05) is 19.6 Å². The Morgan fingerprint density at radius 3 is 2.15 bits per heavy atom. The number of hydrogen-bond acceptors (Lipinski definition) is 5. The smallest absolute Gasteiger partial charge is 0.243 e. The number of benzene rings is 2. The number of sulfonamides is 2. The predicted molar refractivity (Wildman–Crippen MR) is 106 cm³/mol. The van der Waals surface area contributed by atoms with Crippen molar-refractivity contribution < 1.29 is 16.8 Å². The summed E-state index contributed by atoms with van der Waals surface area (Å²) in [7, 11) is -7.83. The molecule has 1 fully saturated rings. The summed E-state index contributed by atoms with van der Waals surface area (Å²) in [6.07, 6.45) is 0. The molecule has 1 heterocycles. The lowest BCUT2D eigenvalue weighted by atomic mass is 9.89. The van der Waals surface area contributed by atoms with Gasteiger partial charge in [-0.2, -0.15) is 4.31 Å². The van der Waals surface area contributed by atoms with E-state index in [2.05, 4.69) is 0 Å². The summed E-state index contributed by atoms with van der Waals surface area (Å²) in [4.78, 5) is -0.318. The topological polar surface area (TPSA) is 124 Å². The highest BCUT2D eigenvalue weighted by Gasteiger charge is 2.39. The Balaban J connectivity index is 0.00000261. The van der Waals surface area contributed by atoms with Crippen LogP contribution in [0.1, 0.15) is 11.5 Å². The van der Waals surface area contributed by atoms with Crippen LogP contribution in [0.25, 0.3) is 0 Å². The maximum absolute atomic E-state index is 13.0. The highest BCUT2D eigenvalue weighted by Crippen LogP contribution is 2.35. The normalized spacial score (nSPS) is 21.0. The van der Waals surface area contributed by atoms with Gasteiger partial charge in [-0.1, -0.05) is 36.4 Å². The minimum atomic E-state index is -3.98. The summed E-state index contributed by atoms with van der Waals surface area (Å²) in [5.74, 6) is -0.00834. The van der Waals surface area contributed by atoms with Crippen molar-refractivity contribution in [3.8, 4) is 0 Å². The zero-order valence-electron chi connectivity index (χ0n) is 14.4. The number of nitrogens with zero attached hydrogens (tertiary/aromatic N) is 1. The molecular formula is C17H22ClN3O4S2. The number of primary sulfonamides is 1. The summed E-state index contributed by atoms with van der Waals surface area (Å²) in [5.41, 5.74) is 6.91. The molecule has 1 saturated heterocycles. The van der Waals surface area contributed by atoms with E-state index in [0.717, 1.165) is 11.6 Å². The lowest BCUT2D eigenvalue weighted by Crippen LogP contribution is -2.30. The van der Waals surface area contributed by atoms with Gasteiger partial charge in [0.1, 0.15) is 0 Å². The minimum Gasteiger partial charge on any atom is -0.330 e. The summed E-state index contributed by atoms with van der Waals surface area (Å²) >= 11 is 0. The first-order valence-corrected chi connectivity index (χ1v) is 11.1. The molecule has 0 unspecified atom stereocenters. The number of nitrogens with two attached hydrogens (primary N) is 2. The highest BCUT2D eigenvalue weighted by molar-refractivity contribution is 7.90. The third kappa shape index (κ3) is 4.50. The summed E-state index contributed by atoms with van der Waals surface area (Å²) in [5, 5.41) is 5.11. The van der Waals surface area contributed by atoms with E-state index in [4.69, 9.17) is 10.9 Å². The Labute approximate surface area is 165 Å². The van der Waals surface area contributed by atoms with Crippen molar-refractivity contribution in [2.45, 2.75) is 15.7 Å². The lowest BCUT2D eigenvalue weighted by molar-refractivity contribution is 0.459. The Kier molecular flexibility index (Phi) is 6.67. The molecule has 2 aromatic rings. The average Bonchev–Trinajstić information content (AvgIpc) is 3.07. The van der Waals surface area contributed by atoms with Crippen molar-refractivity contribution in [3.63, 3.8) is 0 Å². The van der Waals surface area contributed by atoms with Crippen molar-refractivity contribution in [1.82, 2.24) is 4.31 Å². The molecule has 1 aliphatic rings. The fourth-order valence-corrected chi connectivity index (χ4v) is 5.51. The maximum Gasteiger partial charge on any atom is 0.243 e. The molecule has 148 valence electrons. The maximum atomic E-state index is 13.0. The molecule has 0 spiro atoms. The highest BCUT2D eigenvalue weighted by atomic mass is 35.5. The second kappa shape index (κ2) is 8.26. The van der Waals surface area contributed by atoms with Crippen molar-refractivity contribution >= 4 is 32.5 Å². The summed E-state index contributed by atoms with van der Waals surface area (Å²) < 4.78 is 50.4. The van der Waals surface area contributed by atoms with Crippen LogP contribution in [0.2, 0.25) is 0 Å². The number of rotatable bonds is 5. The van der Waals surface area contributed by atoms with Gasteiger partial charge in [-0.05, 0) is 36.2 Å². The van der Waals surface area contributed by atoms with E-state index in [1.807, 2.05) is 30.3 Å². The Morgan fingerprint density at radius 2 is 1.56 bits per heavy atom. The fraction of sp³-hybridized carbons (Fsp3) is 0.294. The van der Waals surface area contributed by atoms with Crippen LogP contribution in [0.5, 0.6) is 0 Å². The van der Waals surface area contributed by atoms with E-state index >= 15 is 0 Å². The molecule has 10 heteroatoms. The van der Waals surface area contributed by atoms with Crippen LogP contribution in [0, 0.1) is 5.92 Å². The largest absolute Gasteiger partial charge is 0.330 e. The first-order chi connectivity index (χ1) is 12.2. The van der Waals surface area contributed by atoms with Crippen LogP contribution in [0.3, 0.4) is 0 Å². The summed E-state index contributed by atoms with van der Waals surface area (Å²) in [6.45, 7) is 0.953. The number of halogens is 1. The van der Waals surface area contributed by atoms with Crippen LogP contribution >= 0.6 is 12.4 Å². The van der Waals surface area contributed by atoms with E-state index in [0.29, 0.717) is 13.1 Å². The van der Waals surface area contributed by atoms with Gasteiger partial charge in [-0.3, -0.25) is 0 Å². The van der Waals surface area contributed by atoms with Crippen molar-refractivity contribution in [1.29, 1.82) is 0 Å². The standard InChI is InChI=1S/C17H21N3O4S2.ClH/c18-10-14-11-20(12-17(14)13-5-2-1-3-6-13)26(23,24)16-8-4-7-15(9-16)25(19,21)22;/h1-9,14,17H,10-12,18H2,(H2,19,21,22);1H/t14-,17+;/m1./s1. The van der Waals surface area contributed by atoms with Crippen molar-refractivity contribution in [2.24, 2.45) is 16.8 Å². The fourth-order valence-electron chi connectivity index (χ4n) is 3.31. The van der Waals surface area contributed by atoms with Gasteiger partial charge in [0.2, 0.25) is 20.0 Å². The quantitative estimate of drug-likeness (QED) is 0.734. The Hall–Kier alpha value is -1.49. The first-order valence-electron chi connectivity index (χ1n) is 8.11. The van der Waals surface area contributed by atoms with Gasteiger partial charge >= 0.3 is 0 Å². The molecule has 0 amide bonds. The molecule has 0 bridgehead atoms. The predicted octanol–water partition coefficient (Wildman–Crippen LogP) is 1.12. The Morgan fingerprint density at radius 1 is 0.926 bits per heavy atom. The summed E-state index contributed by atoms with van der Waals surface area (Å²) in [6, 6.07) is 14.8. The van der Waals surface area contributed by atoms with E-state index < -0.39 is 20.0 Å². The minimum absolute atomic E-state index is 0. The molecular weight excluding hydrogens is 410 g/mol. The van der Waals surface area contributed by atoms with Crippen molar-refractivity contribution in [3.05, 3.63) is 60.2 Å². The van der Waals surface area contributed by atoms with Gasteiger partial charge in [-0.25, -0.2) is 22.0 Å². The first kappa shape index (κ1) is 21.8. The van der Waals surface area contributed by atoms with Gasteiger partial charge in [0.25, 0.3) is 0 Å². The van der Waals surface area contributed by atoms with Gasteiger partial charge < -0.3 is 5.73 Å². The molecule has 0 radical (unpaired) electrons. The molecule has 1 aliphatic heterocycles. The molecule has 2 atom stereocenters. The van der Waals surface area contributed by atoms with Crippen LogP contribution in [-0.2, 0) is 20.0 Å². The van der Waals surface area contributed by atoms with E-state index in [1.54, 1.807) is 0 Å². The van der Waals surface area contributed by atoms with E-state index in [-0.39, 0.29) is 40.6 Å². The van der Waals surface area contributed by atoms with Gasteiger partial charge in [0.15, 0.2) is 0 Å². The zero-order chi connectivity index (χ0) is 18.9. The third-order valence-corrected chi connectivity index (χ3v) is 7.45. The molecule has 7 nitrogen and oxygen atoms in total. The molecule has 2 aromatic carbocycles. The Bertz CT molecular complexity index is 998. The zero-order valence-corrected chi connectivity index (χ0v) is 16.9. The van der Waals surface area contributed by atoms with Crippen LogP contribution in [-0.4, -0.2) is 40.8 Å². The van der Waals surface area contributed by atoms with E-state index in [9.17, 15) is 16.8 Å². The number of hydrogen-bond donors (Lipinski definition) is 2. The van der Waals surface area contributed by atoms with Gasteiger partial charge in [0, 0.05) is 19.0 Å². The second-order valence-electron chi connectivity index (χ2n) is 6.35. The molecule has 27 heavy (non-hydrogen) atoms. The van der Waals surface area contributed by atoms with Crippen LogP contribution in [0.15, 0.2) is 64.4 Å². The van der Waals surface area contributed by atoms with E-state index in [1.165, 1.54) is 22.5 Å². The molecule has 0 aromatic heterocycles. The molecule has 3 rings (SSSR count). The molecule has 0 saturated carbocycles. The monoisotopic (exact) mass is 431 g/mol. The average molecular weight is 432 g/mol. The van der Waals surface area contributed by atoms with Gasteiger partial charge in [-0.15, -0.1) is 12.4 Å². The van der Waals surface area contributed by atoms with Crippen LogP contribution in [0.4, 0.5) is 0 Å². The van der Waals surface area contributed by atoms with Crippen LogP contribution < -0.4 is 10.9 Å².